The van der Waals surface area contributed by atoms with Gasteiger partial charge in [-0.15, -0.1) is 0 Å². The summed E-state index contributed by atoms with van der Waals surface area (Å²) < 4.78 is 32.2. The Balaban J connectivity index is 1.40. The zero-order valence-corrected chi connectivity index (χ0v) is 23.6. The van der Waals surface area contributed by atoms with Crippen molar-refractivity contribution in [3.63, 3.8) is 0 Å². The van der Waals surface area contributed by atoms with Gasteiger partial charge in [-0.2, -0.15) is 0 Å². The largest absolute Gasteiger partial charge is 0.477 e. The minimum absolute atomic E-state index is 0.109. The maximum absolute atomic E-state index is 15.7. The normalized spacial score (nSPS) is 20.5. The minimum Gasteiger partial charge on any atom is -0.477 e. The molecule has 1 saturated carbocycles. The van der Waals surface area contributed by atoms with E-state index >= 15 is 4.39 Å². The molecule has 220 valence electrons. The van der Waals surface area contributed by atoms with Crippen molar-refractivity contribution in [1.29, 1.82) is 0 Å². The van der Waals surface area contributed by atoms with Crippen molar-refractivity contribution >= 4 is 50.3 Å². The van der Waals surface area contributed by atoms with Crippen molar-refractivity contribution in [3.05, 3.63) is 58.1 Å². The van der Waals surface area contributed by atoms with Crippen LogP contribution >= 0.6 is 0 Å². The Kier molecular flexibility index (Phi) is 5.58. The molecule has 6 heterocycles. The first-order valence-electron chi connectivity index (χ1n) is 14.5. The Hall–Kier alpha value is -4.58. The van der Waals surface area contributed by atoms with E-state index in [9.17, 15) is 19.1 Å². The summed E-state index contributed by atoms with van der Waals surface area (Å²) in [5, 5.41) is 13.3. The summed E-state index contributed by atoms with van der Waals surface area (Å²) in [7, 11) is 3.29. The van der Waals surface area contributed by atoms with Gasteiger partial charge in [-0.05, 0) is 37.8 Å². The van der Waals surface area contributed by atoms with Crippen LogP contribution in [0.15, 0.2) is 35.5 Å². The average Bonchev–Trinajstić information content (AvgIpc) is 3.45. The van der Waals surface area contributed by atoms with Gasteiger partial charge in [0.2, 0.25) is 5.43 Å². The smallest absolute Gasteiger partial charge is 0.341 e. The molecule has 0 radical (unpaired) electrons. The Morgan fingerprint density at radius 3 is 2.67 bits per heavy atom. The van der Waals surface area contributed by atoms with Gasteiger partial charge in [-0.3, -0.25) is 9.69 Å². The number of aromatic carboxylic acids is 1. The minimum atomic E-state index is -1.32. The molecule has 43 heavy (non-hydrogen) atoms. The molecule has 3 aliphatic rings. The lowest BCUT2D eigenvalue weighted by Crippen LogP contribution is -2.36. The molecule has 3 N–H and O–H groups in total. The number of fused-ring (bicyclic) bond motifs is 5. The van der Waals surface area contributed by atoms with Crippen molar-refractivity contribution in [2.75, 3.05) is 36.9 Å². The fourth-order valence-corrected chi connectivity index (χ4v) is 7.38. The number of rotatable bonds is 5. The van der Waals surface area contributed by atoms with Crippen LogP contribution in [-0.4, -0.2) is 74.3 Å². The van der Waals surface area contributed by atoms with E-state index in [2.05, 4.69) is 30.1 Å². The summed E-state index contributed by atoms with van der Waals surface area (Å²) >= 11 is 0. The fourth-order valence-electron chi connectivity index (χ4n) is 7.38. The molecule has 12 heteroatoms. The number of carboxylic acid groups (broad SMARTS) is 1. The van der Waals surface area contributed by atoms with Crippen LogP contribution in [0.1, 0.15) is 29.6 Å². The highest BCUT2D eigenvalue weighted by molar-refractivity contribution is 6.18. The van der Waals surface area contributed by atoms with E-state index in [1.807, 2.05) is 0 Å². The van der Waals surface area contributed by atoms with Crippen molar-refractivity contribution in [2.45, 2.75) is 31.3 Å². The van der Waals surface area contributed by atoms with Gasteiger partial charge < -0.3 is 24.9 Å². The number of carboxylic acids is 1. The summed E-state index contributed by atoms with van der Waals surface area (Å²) in [4.78, 5) is 42.3. The predicted molar refractivity (Wildman–Crippen MR) is 160 cm³/mol. The fraction of sp³-hybridized carbons (Fsp3) is 0.355. The molecular weight excluding hydrogens is 556 g/mol. The molecule has 2 atom stereocenters. The number of aryl methyl sites for hydroxylation is 1. The first-order chi connectivity index (χ1) is 20.7. The second-order valence-electron chi connectivity index (χ2n) is 12.0. The van der Waals surface area contributed by atoms with Gasteiger partial charge in [-0.25, -0.2) is 23.5 Å². The number of nitrogens with zero attached hydrogens (tertiary/aromatic N) is 5. The molecule has 0 amide bonds. The van der Waals surface area contributed by atoms with Crippen LogP contribution in [0.2, 0.25) is 0 Å². The second-order valence-corrected chi connectivity index (χ2v) is 12.0. The van der Waals surface area contributed by atoms with Gasteiger partial charge in [-0.1, -0.05) is 0 Å². The van der Waals surface area contributed by atoms with Crippen LogP contribution in [0.3, 0.4) is 0 Å². The van der Waals surface area contributed by atoms with E-state index in [0.29, 0.717) is 62.7 Å². The number of benzene rings is 1. The third-order valence-electron chi connectivity index (χ3n) is 9.51. The van der Waals surface area contributed by atoms with Gasteiger partial charge >= 0.3 is 5.97 Å². The van der Waals surface area contributed by atoms with Crippen LogP contribution < -0.4 is 15.6 Å². The summed E-state index contributed by atoms with van der Waals surface area (Å²) in [5.74, 6) is -2.81. The Morgan fingerprint density at radius 2 is 1.93 bits per heavy atom. The van der Waals surface area contributed by atoms with Crippen molar-refractivity contribution < 1.29 is 18.7 Å². The number of hydrogen-bond acceptors (Lipinski definition) is 7. The quantitative estimate of drug-likeness (QED) is 0.279. The van der Waals surface area contributed by atoms with E-state index in [1.165, 1.54) is 23.6 Å². The lowest BCUT2D eigenvalue weighted by atomic mass is 10.0. The van der Waals surface area contributed by atoms with Crippen LogP contribution in [0.4, 0.5) is 20.2 Å². The predicted octanol–water partition coefficient (Wildman–Crippen LogP) is 4.32. The lowest BCUT2D eigenvalue weighted by molar-refractivity contribution is 0.0695. The molecule has 1 aliphatic carbocycles. The highest BCUT2D eigenvalue weighted by Crippen LogP contribution is 2.47. The number of H-pyrrole nitrogens is 1. The monoisotopic (exact) mass is 585 g/mol. The van der Waals surface area contributed by atoms with Gasteiger partial charge in [0.15, 0.2) is 11.6 Å². The lowest BCUT2D eigenvalue weighted by Gasteiger charge is -2.27. The molecule has 0 spiro atoms. The number of hydrogen-bond donors (Lipinski definition) is 3. The molecule has 0 unspecified atom stereocenters. The van der Waals surface area contributed by atoms with Crippen LogP contribution in [0.5, 0.6) is 0 Å². The highest BCUT2D eigenvalue weighted by Gasteiger charge is 2.47. The maximum Gasteiger partial charge on any atom is 0.341 e. The number of pyridine rings is 3. The van der Waals surface area contributed by atoms with E-state index in [-0.39, 0.29) is 16.3 Å². The van der Waals surface area contributed by atoms with Crippen LogP contribution in [-0.2, 0) is 7.05 Å². The van der Waals surface area contributed by atoms with Crippen molar-refractivity contribution in [2.24, 2.45) is 13.0 Å². The second kappa shape index (κ2) is 9.21. The third kappa shape index (κ3) is 3.78. The summed E-state index contributed by atoms with van der Waals surface area (Å²) in [6, 6.07) is 3.74. The van der Waals surface area contributed by atoms with Crippen molar-refractivity contribution in [1.82, 2.24) is 24.4 Å². The number of aromatic amines is 1. The summed E-state index contributed by atoms with van der Waals surface area (Å²) in [6.45, 7) is 2.55. The average molecular weight is 586 g/mol. The van der Waals surface area contributed by atoms with Gasteiger partial charge in [0.25, 0.3) is 0 Å². The standard InChI is InChI=1S/C31H29F2N7O3/c1-34-21-8-20(32)25(33)23-24-27(39-11-14-5-6-40(16-3-4-16)22(14)13-39)18(10-35-29(24)37-26(21)23)15-7-17-28(41)19(31(42)43)12-38(2)30(17)36-9-15/h7-10,12,14,16,22,34H,3-6,11,13H2,1-2H3,(H,35,37)(H,42,43)/t14-,22+/m0/s1. The van der Waals surface area contributed by atoms with Crippen molar-refractivity contribution in [3.8, 4) is 11.1 Å². The molecular formula is C31H29F2N7O3. The zero-order valence-electron chi connectivity index (χ0n) is 23.6. The Morgan fingerprint density at radius 1 is 1.12 bits per heavy atom. The van der Waals surface area contributed by atoms with Gasteiger partial charge in [0, 0.05) is 75.1 Å². The Bertz CT molecular complexity index is 2070. The van der Waals surface area contributed by atoms with E-state index in [1.54, 1.807) is 32.6 Å². The number of halogens is 2. The van der Waals surface area contributed by atoms with Crippen LogP contribution in [0.25, 0.3) is 44.1 Å². The Labute approximate surface area is 243 Å². The molecule has 10 nitrogen and oxygen atoms in total. The number of aromatic nitrogens is 4. The summed E-state index contributed by atoms with van der Waals surface area (Å²) in [5.41, 5.74) is 2.43. The molecule has 4 aromatic heterocycles. The van der Waals surface area contributed by atoms with Gasteiger partial charge in [0.05, 0.1) is 33.1 Å². The number of anilines is 2. The molecule has 5 aromatic rings. The topological polar surface area (TPSA) is 119 Å². The molecule has 3 fully saturated rings. The first-order valence-corrected chi connectivity index (χ1v) is 14.5. The molecule has 1 aromatic carbocycles. The van der Waals surface area contributed by atoms with E-state index < -0.39 is 23.0 Å². The third-order valence-corrected chi connectivity index (χ3v) is 9.51. The zero-order chi connectivity index (χ0) is 29.7. The van der Waals surface area contributed by atoms with Gasteiger partial charge in [0.1, 0.15) is 16.9 Å². The number of nitrogens with one attached hydrogen (secondary N) is 2. The van der Waals surface area contributed by atoms with E-state index in [4.69, 9.17) is 0 Å². The van der Waals surface area contributed by atoms with Crippen LogP contribution in [0, 0.1) is 17.6 Å². The first kappa shape index (κ1) is 26.1. The number of carbonyl (C=O) groups is 1. The molecule has 0 bridgehead atoms. The summed E-state index contributed by atoms with van der Waals surface area (Å²) in [6.07, 6.45) is 8.05. The number of likely N-dealkylation sites (tertiary alicyclic amines) is 1. The molecule has 2 saturated heterocycles. The molecule has 2 aliphatic heterocycles. The van der Waals surface area contributed by atoms with E-state index in [0.717, 1.165) is 32.1 Å². The highest BCUT2D eigenvalue weighted by atomic mass is 19.2. The SMILES string of the molecule is CNc1cc(F)c(F)c2c1[nH]c1ncc(-c3cnc4c(c3)c(=O)c(C(=O)O)cn4C)c(N3C[C@@H]4CCN(C5CC5)[C@@H]4C3)c12. The molecule has 8 rings (SSSR count). The maximum atomic E-state index is 15.7.